The van der Waals surface area contributed by atoms with E-state index in [4.69, 9.17) is 9.84 Å². The van der Waals surface area contributed by atoms with Crippen LogP contribution < -0.4 is 4.72 Å². The van der Waals surface area contributed by atoms with Gasteiger partial charge in [0.2, 0.25) is 10.0 Å². The second-order valence-electron chi connectivity index (χ2n) is 7.77. The summed E-state index contributed by atoms with van der Waals surface area (Å²) >= 11 is 0. The number of nitrogens with one attached hydrogen (secondary N) is 1. The number of carbonyl (C=O) groups excluding carboxylic acids is 1. The predicted molar refractivity (Wildman–Crippen MR) is 94.9 cm³/mol. The summed E-state index contributed by atoms with van der Waals surface area (Å²) in [6.07, 6.45) is 0.246. The van der Waals surface area contributed by atoms with Gasteiger partial charge >= 0.3 is 12.1 Å². The number of aryl methyl sites for hydroxylation is 1. The molecule has 0 radical (unpaired) electrons. The fourth-order valence-corrected chi connectivity index (χ4v) is 4.48. The van der Waals surface area contributed by atoms with Gasteiger partial charge in [-0.3, -0.25) is 0 Å². The number of carboxylic acids is 1. The Bertz CT molecular complexity index is 891. The van der Waals surface area contributed by atoms with Crippen LogP contribution in [0.25, 0.3) is 0 Å². The third-order valence-electron chi connectivity index (χ3n) is 4.24. The number of carbonyl (C=O) groups is 2. The van der Waals surface area contributed by atoms with Gasteiger partial charge < -0.3 is 24.4 Å². The highest BCUT2D eigenvalue weighted by Gasteiger charge is 2.45. The van der Waals surface area contributed by atoms with Crippen molar-refractivity contribution in [3.05, 3.63) is 17.7 Å². The standard InChI is InChI=1S/C16H24FN3O7S/c1-15(2,3)27-14(24)20-6-5-16(8-20,9-21)18-28(25,26)10-7-19(4)12(11(10)17)13(22)23/h7,18,21H,5-6,8-9H2,1-4H3,(H,22,23). The second kappa shape index (κ2) is 7.33. The Morgan fingerprint density at radius 2 is 2.00 bits per heavy atom. The van der Waals surface area contributed by atoms with Crippen LogP contribution in [-0.4, -0.2) is 71.0 Å². The van der Waals surface area contributed by atoms with Crippen LogP contribution in [0.15, 0.2) is 11.1 Å². The van der Waals surface area contributed by atoms with E-state index in [1.165, 1.54) is 11.9 Å². The molecule has 1 aromatic heterocycles. The number of rotatable bonds is 5. The molecule has 158 valence electrons. The monoisotopic (exact) mass is 421 g/mol. The highest BCUT2D eigenvalue weighted by atomic mass is 32.2. The zero-order chi connectivity index (χ0) is 21.5. The molecule has 3 N–H and O–H groups in total. The van der Waals surface area contributed by atoms with Crippen molar-refractivity contribution in [1.82, 2.24) is 14.2 Å². The van der Waals surface area contributed by atoms with Gasteiger partial charge in [0.15, 0.2) is 11.5 Å². The number of aliphatic hydroxyl groups excluding tert-OH is 1. The molecule has 10 nitrogen and oxygen atoms in total. The summed E-state index contributed by atoms with van der Waals surface area (Å²) in [6.45, 7) is 4.34. The summed E-state index contributed by atoms with van der Waals surface area (Å²) < 4.78 is 48.0. The number of aromatic carboxylic acids is 1. The number of hydrogen-bond acceptors (Lipinski definition) is 6. The van der Waals surface area contributed by atoms with Crippen molar-refractivity contribution < 1.29 is 37.3 Å². The van der Waals surface area contributed by atoms with E-state index >= 15 is 0 Å². The summed E-state index contributed by atoms with van der Waals surface area (Å²) in [6, 6.07) is 0. The minimum absolute atomic E-state index is 0.0716. The number of aliphatic hydroxyl groups is 1. The first-order valence-electron chi connectivity index (χ1n) is 8.42. The molecule has 0 saturated carbocycles. The number of aromatic nitrogens is 1. The fraction of sp³-hybridized carbons (Fsp3) is 0.625. The largest absolute Gasteiger partial charge is 0.476 e. The number of hydrogen-bond donors (Lipinski definition) is 3. The Balaban J connectivity index is 2.26. The first-order chi connectivity index (χ1) is 12.7. The van der Waals surface area contributed by atoms with Crippen LogP contribution in [0.1, 0.15) is 37.7 Å². The van der Waals surface area contributed by atoms with Crippen LogP contribution in [-0.2, 0) is 21.8 Å². The summed E-state index contributed by atoms with van der Waals surface area (Å²) in [5.41, 5.74) is -3.00. The van der Waals surface area contributed by atoms with Crippen LogP contribution in [0, 0.1) is 5.82 Å². The number of ether oxygens (including phenoxy) is 1. The maximum atomic E-state index is 14.4. The molecule has 0 bridgehead atoms. The molecular weight excluding hydrogens is 397 g/mol. The first kappa shape index (κ1) is 22.1. The molecule has 1 fully saturated rings. The lowest BCUT2D eigenvalue weighted by Crippen LogP contribution is -2.53. The van der Waals surface area contributed by atoms with Crippen molar-refractivity contribution >= 4 is 22.1 Å². The van der Waals surface area contributed by atoms with Crippen LogP contribution in [0.2, 0.25) is 0 Å². The van der Waals surface area contributed by atoms with Gasteiger partial charge in [0.1, 0.15) is 10.5 Å². The molecule has 12 heteroatoms. The van der Waals surface area contributed by atoms with Crippen molar-refractivity contribution in [2.75, 3.05) is 19.7 Å². The molecule has 1 aliphatic heterocycles. The number of halogens is 1. The summed E-state index contributed by atoms with van der Waals surface area (Å²) in [4.78, 5) is 23.7. The first-order valence-corrected chi connectivity index (χ1v) is 9.90. The summed E-state index contributed by atoms with van der Waals surface area (Å²) in [5.74, 6) is -3.02. The van der Waals surface area contributed by atoms with Gasteiger partial charge in [-0.15, -0.1) is 0 Å². The van der Waals surface area contributed by atoms with Gasteiger partial charge in [-0.25, -0.2) is 27.1 Å². The Kier molecular flexibility index (Phi) is 5.79. The number of carboxylic acid groups (broad SMARTS) is 1. The Morgan fingerprint density at radius 3 is 2.46 bits per heavy atom. The summed E-state index contributed by atoms with van der Waals surface area (Å²) in [5, 5.41) is 18.8. The zero-order valence-electron chi connectivity index (χ0n) is 16.0. The normalized spacial score (nSPS) is 20.4. The highest BCUT2D eigenvalue weighted by Crippen LogP contribution is 2.27. The van der Waals surface area contributed by atoms with Crippen molar-refractivity contribution in [1.29, 1.82) is 0 Å². The van der Waals surface area contributed by atoms with E-state index in [9.17, 15) is 27.5 Å². The molecule has 0 spiro atoms. The Labute approximate surface area is 161 Å². The average Bonchev–Trinajstić information content (AvgIpc) is 3.07. The lowest BCUT2D eigenvalue weighted by Gasteiger charge is -2.29. The van der Waals surface area contributed by atoms with Gasteiger partial charge in [-0.1, -0.05) is 0 Å². The molecule has 28 heavy (non-hydrogen) atoms. The van der Waals surface area contributed by atoms with E-state index in [1.54, 1.807) is 20.8 Å². The lowest BCUT2D eigenvalue weighted by molar-refractivity contribution is 0.0275. The van der Waals surface area contributed by atoms with Gasteiger partial charge in [0.25, 0.3) is 0 Å². The van der Waals surface area contributed by atoms with E-state index in [0.29, 0.717) is 0 Å². The Hall–Kier alpha value is -2.18. The van der Waals surface area contributed by atoms with Crippen molar-refractivity contribution in [3.8, 4) is 0 Å². The SMILES string of the molecule is Cn1cc(S(=O)(=O)NC2(CO)CCN(C(=O)OC(C)(C)C)C2)c(F)c1C(=O)O. The van der Waals surface area contributed by atoms with Crippen LogP contribution >= 0.6 is 0 Å². The molecule has 2 rings (SSSR count). The molecular formula is C16H24FN3O7S. The topological polar surface area (TPSA) is 138 Å². The zero-order valence-corrected chi connectivity index (χ0v) is 16.8. The quantitative estimate of drug-likeness (QED) is 0.630. The van der Waals surface area contributed by atoms with Crippen LogP contribution in [0.5, 0.6) is 0 Å². The molecule has 2 heterocycles. The lowest BCUT2D eigenvalue weighted by atomic mass is 10.0. The fourth-order valence-electron chi connectivity index (χ4n) is 2.94. The van der Waals surface area contributed by atoms with Gasteiger partial charge in [-0.2, -0.15) is 0 Å². The number of likely N-dealkylation sites (tertiary alicyclic amines) is 1. The van der Waals surface area contributed by atoms with Crippen molar-refractivity contribution in [3.63, 3.8) is 0 Å². The second-order valence-corrected chi connectivity index (χ2v) is 9.42. The van der Waals surface area contributed by atoms with E-state index in [2.05, 4.69) is 4.72 Å². The van der Waals surface area contributed by atoms with E-state index < -0.39 is 56.2 Å². The molecule has 0 aromatic carbocycles. The molecule has 1 atom stereocenters. The van der Waals surface area contributed by atoms with E-state index in [0.717, 1.165) is 10.8 Å². The van der Waals surface area contributed by atoms with Gasteiger partial charge in [-0.05, 0) is 27.2 Å². The predicted octanol–water partition coefficient (Wildman–Crippen LogP) is 0.513. The van der Waals surface area contributed by atoms with Gasteiger partial charge in [0, 0.05) is 26.3 Å². The summed E-state index contributed by atoms with van der Waals surface area (Å²) in [7, 11) is -3.31. The minimum atomic E-state index is -4.51. The molecule has 1 aliphatic rings. The Morgan fingerprint density at radius 1 is 1.39 bits per heavy atom. The third kappa shape index (κ3) is 4.45. The molecule has 0 aliphatic carbocycles. The van der Waals surface area contributed by atoms with Gasteiger partial charge in [0.05, 0.1) is 12.1 Å². The van der Waals surface area contributed by atoms with E-state index in [1.807, 2.05) is 0 Å². The van der Waals surface area contributed by atoms with Crippen molar-refractivity contribution in [2.24, 2.45) is 7.05 Å². The van der Waals surface area contributed by atoms with Crippen molar-refractivity contribution in [2.45, 2.75) is 43.2 Å². The van der Waals surface area contributed by atoms with Crippen LogP contribution in [0.4, 0.5) is 9.18 Å². The molecule has 1 aromatic rings. The maximum absolute atomic E-state index is 14.4. The smallest absolute Gasteiger partial charge is 0.410 e. The molecule has 1 unspecified atom stereocenters. The van der Waals surface area contributed by atoms with Crippen LogP contribution in [0.3, 0.4) is 0 Å². The highest BCUT2D eigenvalue weighted by molar-refractivity contribution is 7.89. The average molecular weight is 421 g/mol. The van der Waals surface area contributed by atoms with E-state index in [-0.39, 0.29) is 19.5 Å². The molecule has 1 saturated heterocycles. The molecule has 1 amide bonds. The minimum Gasteiger partial charge on any atom is -0.476 e. The third-order valence-corrected chi connectivity index (χ3v) is 5.80. The number of amides is 1. The number of nitrogens with zero attached hydrogens (tertiary/aromatic N) is 2. The maximum Gasteiger partial charge on any atom is 0.410 e. The number of sulfonamides is 1.